The number of rotatable bonds is 6. The van der Waals surface area contributed by atoms with Gasteiger partial charge < -0.3 is 19.1 Å². The number of hydrogen-bond acceptors (Lipinski definition) is 5. The molecular formula is C17H23NO5. The van der Waals surface area contributed by atoms with Crippen LogP contribution in [0.1, 0.15) is 18.9 Å². The molecule has 6 heteroatoms. The van der Waals surface area contributed by atoms with E-state index in [0.717, 1.165) is 17.1 Å². The number of ether oxygens (including phenoxy) is 3. The van der Waals surface area contributed by atoms with Crippen molar-refractivity contribution in [2.24, 2.45) is 5.92 Å². The Kier molecular flexibility index (Phi) is 5.84. The van der Waals surface area contributed by atoms with Gasteiger partial charge in [-0.15, -0.1) is 0 Å². The highest BCUT2D eigenvalue weighted by Gasteiger charge is 2.28. The van der Waals surface area contributed by atoms with E-state index < -0.39 is 0 Å². The average molecular weight is 321 g/mol. The molecule has 6 nitrogen and oxygen atoms in total. The molecule has 1 aliphatic heterocycles. The minimum Gasteiger partial charge on any atom is -0.497 e. The molecule has 1 aromatic rings. The highest BCUT2D eigenvalue weighted by Crippen LogP contribution is 2.31. The minimum absolute atomic E-state index is 0.0178. The zero-order valence-corrected chi connectivity index (χ0v) is 13.8. The zero-order chi connectivity index (χ0) is 16.8. The number of hydrogen-bond donors (Lipinski definition) is 0. The fraction of sp³-hybridized carbons (Fsp3) is 0.529. The van der Waals surface area contributed by atoms with Crippen LogP contribution >= 0.6 is 0 Å². The van der Waals surface area contributed by atoms with Gasteiger partial charge in [-0.1, -0.05) is 6.07 Å². The Morgan fingerprint density at radius 1 is 1.39 bits per heavy atom. The summed E-state index contributed by atoms with van der Waals surface area (Å²) in [6.45, 7) is 2.80. The molecule has 23 heavy (non-hydrogen) atoms. The molecule has 0 spiro atoms. The molecule has 1 aliphatic rings. The van der Waals surface area contributed by atoms with Crippen LogP contribution in [0.3, 0.4) is 0 Å². The molecule has 2 rings (SSSR count). The van der Waals surface area contributed by atoms with Gasteiger partial charge in [-0.3, -0.25) is 9.59 Å². The molecule has 1 heterocycles. The Morgan fingerprint density at radius 2 is 2.17 bits per heavy atom. The molecule has 1 aromatic carbocycles. The van der Waals surface area contributed by atoms with Crippen molar-refractivity contribution < 1.29 is 23.8 Å². The van der Waals surface area contributed by atoms with Crippen molar-refractivity contribution in [3.63, 3.8) is 0 Å². The number of methoxy groups -OCH3 is 1. The molecule has 1 amide bonds. The highest BCUT2D eigenvalue weighted by atomic mass is 16.5. The molecule has 0 radical (unpaired) electrons. The van der Waals surface area contributed by atoms with E-state index in [1.54, 1.807) is 26.0 Å². The Bertz CT molecular complexity index is 572. The van der Waals surface area contributed by atoms with Crippen molar-refractivity contribution in [2.45, 2.75) is 19.8 Å². The van der Waals surface area contributed by atoms with E-state index in [2.05, 4.69) is 0 Å². The van der Waals surface area contributed by atoms with Gasteiger partial charge in [0.1, 0.15) is 18.1 Å². The Balaban J connectivity index is 1.92. The van der Waals surface area contributed by atoms with Crippen LogP contribution in [0.4, 0.5) is 0 Å². The standard InChI is InChI=1S/C17H23NO5/c1-4-22-16(19)7-8-18(2)17(20)13-9-12-5-6-14(21-3)10-15(12)23-11-13/h5-6,10,13H,4,7-9,11H2,1-3H3/t13-/m0/s1. The van der Waals surface area contributed by atoms with Crippen LogP contribution in [0, 0.1) is 5.92 Å². The third-order valence-electron chi connectivity index (χ3n) is 3.86. The van der Waals surface area contributed by atoms with E-state index in [1.807, 2.05) is 18.2 Å². The zero-order valence-electron chi connectivity index (χ0n) is 13.8. The van der Waals surface area contributed by atoms with Crippen LogP contribution in [0.2, 0.25) is 0 Å². The summed E-state index contributed by atoms with van der Waals surface area (Å²) in [6.07, 6.45) is 0.833. The maximum Gasteiger partial charge on any atom is 0.307 e. The normalized spacial score (nSPS) is 16.0. The van der Waals surface area contributed by atoms with Crippen molar-refractivity contribution in [1.29, 1.82) is 0 Å². The van der Waals surface area contributed by atoms with Crippen molar-refractivity contribution in [3.05, 3.63) is 23.8 Å². The van der Waals surface area contributed by atoms with Gasteiger partial charge in [-0.2, -0.15) is 0 Å². The van der Waals surface area contributed by atoms with E-state index in [1.165, 1.54) is 0 Å². The lowest BCUT2D eigenvalue weighted by molar-refractivity contribution is -0.144. The first kappa shape index (κ1) is 17.1. The van der Waals surface area contributed by atoms with E-state index in [0.29, 0.717) is 26.2 Å². The summed E-state index contributed by atoms with van der Waals surface area (Å²) < 4.78 is 15.7. The monoisotopic (exact) mass is 321 g/mol. The van der Waals surface area contributed by atoms with Crippen LogP contribution in [0.5, 0.6) is 11.5 Å². The summed E-state index contributed by atoms with van der Waals surface area (Å²) in [6, 6.07) is 5.62. The van der Waals surface area contributed by atoms with Crippen molar-refractivity contribution in [1.82, 2.24) is 4.90 Å². The molecular weight excluding hydrogens is 298 g/mol. The number of carbonyl (C=O) groups is 2. The summed E-state index contributed by atoms with van der Waals surface area (Å²) in [5, 5.41) is 0. The SMILES string of the molecule is CCOC(=O)CCN(C)C(=O)[C@@H]1COc2cc(OC)ccc2C1. The average Bonchev–Trinajstić information content (AvgIpc) is 2.58. The Morgan fingerprint density at radius 3 is 2.87 bits per heavy atom. The van der Waals surface area contributed by atoms with Crippen LogP contribution in [0.25, 0.3) is 0 Å². The molecule has 126 valence electrons. The second-order valence-corrected chi connectivity index (χ2v) is 5.50. The molecule has 0 aliphatic carbocycles. The maximum atomic E-state index is 12.5. The van der Waals surface area contributed by atoms with E-state index in [9.17, 15) is 9.59 Å². The quantitative estimate of drug-likeness (QED) is 0.746. The fourth-order valence-electron chi connectivity index (χ4n) is 2.55. The summed E-state index contributed by atoms with van der Waals surface area (Å²) in [5.74, 6) is 0.964. The summed E-state index contributed by atoms with van der Waals surface area (Å²) in [4.78, 5) is 25.4. The molecule has 0 aromatic heterocycles. The molecule has 0 saturated heterocycles. The molecule has 0 bridgehead atoms. The predicted octanol–water partition coefficient (Wildman–Crippen LogP) is 1.66. The second kappa shape index (κ2) is 7.85. The third-order valence-corrected chi connectivity index (χ3v) is 3.86. The number of nitrogens with zero attached hydrogens (tertiary/aromatic N) is 1. The first-order chi connectivity index (χ1) is 11.0. The first-order valence-corrected chi connectivity index (χ1v) is 7.75. The number of carbonyl (C=O) groups excluding carboxylic acids is 2. The topological polar surface area (TPSA) is 65.1 Å². The van der Waals surface area contributed by atoms with Crippen LogP contribution in [-0.2, 0) is 20.7 Å². The Hall–Kier alpha value is -2.24. The smallest absolute Gasteiger partial charge is 0.307 e. The van der Waals surface area contributed by atoms with Crippen LogP contribution in [0.15, 0.2) is 18.2 Å². The molecule has 0 unspecified atom stereocenters. The number of fused-ring (bicyclic) bond motifs is 1. The highest BCUT2D eigenvalue weighted by molar-refractivity contribution is 5.80. The van der Waals surface area contributed by atoms with Gasteiger partial charge in [-0.05, 0) is 25.0 Å². The lowest BCUT2D eigenvalue weighted by atomic mass is 9.95. The van der Waals surface area contributed by atoms with Gasteiger partial charge in [0.05, 0.1) is 26.1 Å². The van der Waals surface area contributed by atoms with E-state index >= 15 is 0 Å². The van der Waals surface area contributed by atoms with Crippen molar-refractivity contribution in [2.75, 3.05) is 33.9 Å². The van der Waals surface area contributed by atoms with Crippen LogP contribution < -0.4 is 9.47 Å². The lowest BCUT2D eigenvalue weighted by Gasteiger charge is -2.28. The van der Waals surface area contributed by atoms with Gasteiger partial charge in [0.15, 0.2) is 0 Å². The Labute approximate surface area is 136 Å². The molecule has 0 fully saturated rings. The van der Waals surface area contributed by atoms with Crippen molar-refractivity contribution >= 4 is 11.9 Å². The second-order valence-electron chi connectivity index (χ2n) is 5.50. The van der Waals surface area contributed by atoms with Gasteiger partial charge in [-0.25, -0.2) is 0 Å². The van der Waals surface area contributed by atoms with Gasteiger partial charge >= 0.3 is 5.97 Å². The van der Waals surface area contributed by atoms with Gasteiger partial charge in [0.25, 0.3) is 0 Å². The van der Waals surface area contributed by atoms with Crippen molar-refractivity contribution in [3.8, 4) is 11.5 Å². The number of amides is 1. The van der Waals surface area contributed by atoms with E-state index in [4.69, 9.17) is 14.2 Å². The predicted molar refractivity (Wildman–Crippen MR) is 84.6 cm³/mol. The first-order valence-electron chi connectivity index (χ1n) is 7.75. The molecule has 0 N–H and O–H groups in total. The minimum atomic E-state index is -0.288. The molecule has 1 atom stereocenters. The fourth-order valence-corrected chi connectivity index (χ4v) is 2.55. The maximum absolute atomic E-state index is 12.5. The van der Waals surface area contributed by atoms with Gasteiger partial charge in [0, 0.05) is 19.7 Å². The summed E-state index contributed by atoms with van der Waals surface area (Å²) >= 11 is 0. The van der Waals surface area contributed by atoms with Crippen LogP contribution in [-0.4, -0.2) is 50.7 Å². The number of esters is 1. The third kappa shape index (κ3) is 4.37. The summed E-state index contributed by atoms with van der Waals surface area (Å²) in [7, 11) is 3.31. The molecule has 0 saturated carbocycles. The lowest BCUT2D eigenvalue weighted by Crippen LogP contribution is -2.39. The summed E-state index contributed by atoms with van der Waals surface area (Å²) in [5.41, 5.74) is 0.995. The van der Waals surface area contributed by atoms with Gasteiger partial charge in [0.2, 0.25) is 5.91 Å². The largest absolute Gasteiger partial charge is 0.497 e. The van der Waals surface area contributed by atoms with E-state index in [-0.39, 0.29) is 24.2 Å². The number of benzene rings is 1.